The second-order valence-electron chi connectivity index (χ2n) is 7.18. The van der Waals surface area contributed by atoms with Crippen molar-refractivity contribution in [2.24, 2.45) is 0 Å². The lowest BCUT2D eigenvalue weighted by Crippen LogP contribution is -2.34. The van der Waals surface area contributed by atoms with E-state index < -0.39 is 44.9 Å². The molecule has 1 aliphatic rings. The average Bonchev–Trinajstić information content (AvgIpc) is 3.07. The number of nitro groups is 2. The van der Waals surface area contributed by atoms with Gasteiger partial charge in [0.15, 0.2) is 0 Å². The van der Waals surface area contributed by atoms with Gasteiger partial charge in [-0.25, -0.2) is 0 Å². The zero-order chi connectivity index (χ0) is 25.5. The van der Waals surface area contributed by atoms with Gasteiger partial charge < -0.3 is 9.47 Å². The molecule has 0 spiro atoms. The van der Waals surface area contributed by atoms with Crippen molar-refractivity contribution >= 4 is 46.3 Å². The largest absolute Gasteiger partial charge is 0.464 e. The Hall–Kier alpha value is -4.26. The molecule has 0 bridgehead atoms. The predicted molar refractivity (Wildman–Crippen MR) is 125 cm³/mol. The Morgan fingerprint density at radius 2 is 1.80 bits per heavy atom. The van der Waals surface area contributed by atoms with Gasteiger partial charge >= 0.3 is 11.7 Å². The Balaban J connectivity index is 1.69. The number of carbonyl (C=O) groups is 3. The Labute approximate surface area is 202 Å². The van der Waals surface area contributed by atoms with Crippen LogP contribution in [0, 0.1) is 20.2 Å². The molecule has 182 valence electrons. The van der Waals surface area contributed by atoms with E-state index in [9.17, 15) is 34.6 Å². The van der Waals surface area contributed by atoms with Crippen LogP contribution in [0.15, 0.2) is 47.4 Å². The molecular formula is C22H19N3O9S. The smallest absolute Gasteiger partial charge is 0.326 e. The predicted octanol–water partition coefficient (Wildman–Crippen LogP) is 4.67. The maximum absolute atomic E-state index is 12.5. The maximum Gasteiger partial charge on any atom is 0.326 e. The summed E-state index contributed by atoms with van der Waals surface area (Å²) in [7, 11) is 0. The second kappa shape index (κ2) is 11.2. The molecule has 1 fully saturated rings. The topological polar surface area (TPSA) is 159 Å². The number of non-ortho nitro benzene ring substituents is 1. The number of imide groups is 1. The summed E-state index contributed by atoms with van der Waals surface area (Å²) < 4.78 is 10.5. The fraction of sp³-hybridized carbons (Fsp3) is 0.227. The quantitative estimate of drug-likeness (QED) is 0.147. The fourth-order valence-electron chi connectivity index (χ4n) is 2.90. The van der Waals surface area contributed by atoms with Gasteiger partial charge in [0.2, 0.25) is 5.75 Å². The van der Waals surface area contributed by atoms with E-state index in [1.165, 1.54) is 18.2 Å². The first-order valence-electron chi connectivity index (χ1n) is 10.3. The van der Waals surface area contributed by atoms with Crippen molar-refractivity contribution in [1.82, 2.24) is 4.90 Å². The van der Waals surface area contributed by atoms with Crippen molar-refractivity contribution in [3.8, 4) is 11.5 Å². The molecule has 2 aromatic rings. The van der Waals surface area contributed by atoms with Gasteiger partial charge in [-0.15, -0.1) is 0 Å². The highest BCUT2D eigenvalue weighted by atomic mass is 32.2. The lowest BCUT2D eigenvalue weighted by atomic mass is 10.2. The van der Waals surface area contributed by atoms with Crippen molar-refractivity contribution in [2.45, 2.75) is 19.8 Å². The molecule has 1 saturated heterocycles. The van der Waals surface area contributed by atoms with Crippen LogP contribution in [0.3, 0.4) is 0 Å². The van der Waals surface area contributed by atoms with Crippen LogP contribution in [0.1, 0.15) is 25.3 Å². The third-order valence-corrected chi connectivity index (χ3v) is 5.58. The number of esters is 1. The van der Waals surface area contributed by atoms with Gasteiger partial charge in [-0.3, -0.25) is 39.5 Å². The van der Waals surface area contributed by atoms with Crippen molar-refractivity contribution < 1.29 is 33.7 Å². The zero-order valence-electron chi connectivity index (χ0n) is 18.4. The number of rotatable bonds is 10. The number of nitrogens with zero attached hydrogens (tertiary/aromatic N) is 3. The summed E-state index contributed by atoms with van der Waals surface area (Å²) in [5, 5.41) is 21.5. The number of benzene rings is 2. The van der Waals surface area contributed by atoms with E-state index in [-0.39, 0.29) is 23.0 Å². The van der Waals surface area contributed by atoms with Gasteiger partial charge in [-0.2, -0.15) is 0 Å². The molecule has 2 aromatic carbocycles. The summed E-state index contributed by atoms with van der Waals surface area (Å²) in [5.41, 5.74) is -0.473. The Morgan fingerprint density at radius 3 is 2.43 bits per heavy atom. The minimum atomic E-state index is -0.785. The first kappa shape index (κ1) is 25.4. The van der Waals surface area contributed by atoms with E-state index >= 15 is 0 Å². The number of ether oxygens (including phenoxy) is 2. The first-order valence-corrected chi connectivity index (χ1v) is 11.1. The van der Waals surface area contributed by atoms with Crippen LogP contribution in [0.25, 0.3) is 6.08 Å². The standard InChI is InChI=1S/C22H19N3O9S/c1-2-3-10-33-20(26)13-23-21(27)19(35-22(23)28)11-14-4-7-16(8-5-14)34-18-9-6-15(24(29)30)12-17(18)25(31)32/h4-9,11-12H,2-3,10,13H2,1H3/b19-11+. The van der Waals surface area contributed by atoms with E-state index in [4.69, 9.17) is 9.47 Å². The van der Waals surface area contributed by atoms with Crippen molar-refractivity contribution in [3.05, 3.63) is 73.2 Å². The molecule has 12 nitrogen and oxygen atoms in total. The lowest BCUT2D eigenvalue weighted by Gasteiger charge is -2.11. The Morgan fingerprint density at radius 1 is 1.09 bits per heavy atom. The van der Waals surface area contributed by atoms with Crippen LogP contribution >= 0.6 is 11.8 Å². The normalized spacial score (nSPS) is 14.3. The van der Waals surface area contributed by atoms with Crippen LogP contribution in [-0.2, 0) is 14.3 Å². The molecular weight excluding hydrogens is 482 g/mol. The molecule has 0 unspecified atom stereocenters. The lowest BCUT2D eigenvalue weighted by molar-refractivity contribution is -0.394. The molecule has 0 aliphatic carbocycles. The van der Waals surface area contributed by atoms with Crippen LogP contribution in [0.4, 0.5) is 16.2 Å². The first-order chi connectivity index (χ1) is 16.7. The van der Waals surface area contributed by atoms with Gasteiger partial charge in [0.05, 0.1) is 27.4 Å². The molecule has 13 heteroatoms. The van der Waals surface area contributed by atoms with Crippen molar-refractivity contribution in [2.75, 3.05) is 13.2 Å². The number of hydrogen-bond acceptors (Lipinski definition) is 10. The van der Waals surface area contributed by atoms with Gasteiger partial charge in [0, 0.05) is 6.07 Å². The fourth-order valence-corrected chi connectivity index (χ4v) is 3.74. The van der Waals surface area contributed by atoms with Crippen LogP contribution < -0.4 is 4.74 Å². The molecule has 0 atom stereocenters. The third kappa shape index (κ3) is 6.41. The molecule has 0 aromatic heterocycles. The monoisotopic (exact) mass is 501 g/mol. The summed E-state index contributed by atoms with van der Waals surface area (Å²) in [6.07, 6.45) is 2.99. The number of thioether (sulfide) groups is 1. The highest BCUT2D eigenvalue weighted by molar-refractivity contribution is 8.18. The summed E-state index contributed by atoms with van der Waals surface area (Å²) in [6.45, 7) is 1.69. The molecule has 1 heterocycles. The molecule has 0 radical (unpaired) electrons. The number of nitro benzene ring substituents is 2. The van der Waals surface area contributed by atoms with Gasteiger partial charge in [-0.05, 0) is 48.0 Å². The molecule has 3 rings (SSSR count). The third-order valence-electron chi connectivity index (χ3n) is 4.68. The van der Waals surface area contributed by atoms with E-state index in [2.05, 4.69) is 0 Å². The van der Waals surface area contributed by atoms with Gasteiger partial charge in [0.1, 0.15) is 12.3 Å². The second-order valence-corrected chi connectivity index (χ2v) is 8.17. The molecule has 0 saturated carbocycles. The molecule has 0 N–H and O–H groups in total. The number of hydrogen-bond donors (Lipinski definition) is 0. The average molecular weight is 501 g/mol. The maximum atomic E-state index is 12.5. The number of carbonyl (C=O) groups excluding carboxylic acids is 3. The molecule has 2 amide bonds. The van der Waals surface area contributed by atoms with Crippen LogP contribution in [0.5, 0.6) is 11.5 Å². The van der Waals surface area contributed by atoms with Crippen molar-refractivity contribution in [1.29, 1.82) is 0 Å². The van der Waals surface area contributed by atoms with E-state index in [1.807, 2.05) is 6.92 Å². The van der Waals surface area contributed by atoms with Crippen LogP contribution in [0.2, 0.25) is 0 Å². The van der Waals surface area contributed by atoms with Gasteiger partial charge in [-0.1, -0.05) is 25.5 Å². The summed E-state index contributed by atoms with van der Waals surface area (Å²) in [4.78, 5) is 58.1. The minimum absolute atomic E-state index is 0.121. The Kier molecular flexibility index (Phi) is 8.15. The van der Waals surface area contributed by atoms with Crippen molar-refractivity contribution in [3.63, 3.8) is 0 Å². The number of unbranched alkanes of at least 4 members (excludes halogenated alkanes) is 1. The zero-order valence-corrected chi connectivity index (χ0v) is 19.2. The highest BCUT2D eigenvalue weighted by Crippen LogP contribution is 2.35. The summed E-state index contributed by atoms with van der Waals surface area (Å²) in [5.74, 6) is -1.25. The van der Waals surface area contributed by atoms with Gasteiger partial charge in [0.25, 0.3) is 16.8 Å². The van der Waals surface area contributed by atoms with E-state index in [1.54, 1.807) is 12.1 Å². The summed E-state index contributed by atoms with van der Waals surface area (Å²) in [6, 6.07) is 9.09. The molecule has 35 heavy (non-hydrogen) atoms. The number of amides is 2. The Bertz CT molecular complexity index is 1210. The van der Waals surface area contributed by atoms with E-state index in [0.717, 1.165) is 29.5 Å². The molecule has 1 aliphatic heterocycles. The highest BCUT2D eigenvalue weighted by Gasteiger charge is 2.36. The van der Waals surface area contributed by atoms with Crippen LogP contribution in [-0.4, -0.2) is 45.0 Å². The summed E-state index contributed by atoms with van der Waals surface area (Å²) >= 11 is 0.692. The SMILES string of the molecule is CCCCOC(=O)CN1C(=O)S/C(=C/c2ccc(Oc3ccc([N+](=O)[O-])cc3[N+](=O)[O-])cc2)C1=O. The minimum Gasteiger partial charge on any atom is -0.464 e. The van der Waals surface area contributed by atoms with E-state index in [0.29, 0.717) is 23.7 Å².